The van der Waals surface area contributed by atoms with Gasteiger partial charge in [-0.15, -0.1) is 0 Å². The van der Waals surface area contributed by atoms with Crippen LogP contribution in [0.1, 0.15) is 30.6 Å². The third-order valence-electron chi connectivity index (χ3n) is 2.55. The zero-order valence-corrected chi connectivity index (χ0v) is 11.6. The number of rotatable bonds is 8. The second kappa shape index (κ2) is 8.37. The summed E-state index contributed by atoms with van der Waals surface area (Å²) < 4.78 is 10.2. The number of carbonyl (C=O) groups excluding carboxylic acids is 1. The van der Waals surface area contributed by atoms with Gasteiger partial charge in [-0.05, 0) is 38.5 Å². The lowest BCUT2D eigenvalue weighted by Crippen LogP contribution is -2.10. The van der Waals surface area contributed by atoms with Crippen molar-refractivity contribution in [1.82, 2.24) is 0 Å². The molecule has 0 amide bonds. The monoisotopic (exact) mass is 266 g/mol. The molecule has 106 valence electrons. The Bertz CT molecular complexity index is 408. The van der Waals surface area contributed by atoms with E-state index in [9.17, 15) is 4.79 Å². The molecule has 0 aliphatic rings. The average Bonchev–Trinajstić information content (AvgIpc) is 2.40. The molecule has 0 saturated carbocycles. The molecule has 5 heteroatoms. The highest BCUT2D eigenvalue weighted by Gasteiger charge is 2.08. The summed E-state index contributed by atoms with van der Waals surface area (Å²) in [5.41, 5.74) is 7.73. The SMILES string of the molecule is CCOCCCNc1cc(C(=O)OCC)ccc1N. The molecule has 0 aliphatic carbocycles. The molecule has 0 aromatic heterocycles. The minimum Gasteiger partial charge on any atom is -0.462 e. The molecule has 1 rings (SSSR count). The maximum absolute atomic E-state index is 11.6. The molecule has 3 N–H and O–H groups in total. The lowest BCUT2D eigenvalue weighted by molar-refractivity contribution is 0.0526. The first kappa shape index (κ1) is 15.3. The topological polar surface area (TPSA) is 73.6 Å². The number of nitrogens with two attached hydrogens (primary N) is 1. The summed E-state index contributed by atoms with van der Waals surface area (Å²) in [5.74, 6) is -0.333. The van der Waals surface area contributed by atoms with Gasteiger partial charge in [-0.1, -0.05) is 0 Å². The van der Waals surface area contributed by atoms with Crippen LogP contribution in [-0.2, 0) is 9.47 Å². The van der Waals surface area contributed by atoms with Crippen molar-refractivity contribution in [3.05, 3.63) is 23.8 Å². The highest BCUT2D eigenvalue weighted by Crippen LogP contribution is 2.20. The summed E-state index contributed by atoms with van der Waals surface area (Å²) in [5, 5.41) is 3.20. The van der Waals surface area contributed by atoms with Crippen LogP contribution in [0.25, 0.3) is 0 Å². The fraction of sp³-hybridized carbons (Fsp3) is 0.500. The van der Waals surface area contributed by atoms with E-state index in [-0.39, 0.29) is 5.97 Å². The van der Waals surface area contributed by atoms with Gasteiger partial charge in [0, 0.05) is 19.8 Å². The Labute approximate surface area is 114 Å². The fourth-order valence-electron chi connectivity index (χ4n) is 1.59. The number of anilines is 2. The van der Waals surface area contributed by atoms with Gasteiger partial charge in [-0.2, -0.15) is 0 Å². The summed E-state index contributed by atoms with van der Waals surface area (Å²) in [4.78, 5) is 11.6. The van der Waals surface area contributed by atoms with Gasteiger partial charge < -0.3 is 20.5 Å². The number of hydrogen-bond acceptors (Lipinski definition) is 5. The maximum atomic E-state index is 11.6. The van der Waals surface area contributed by atoms with Crippen LogP contribution in [0.15, 0.2) is 18.2 Å². The first-order valence-electron chi connectivity index (χ1n) is 6.57. The zero-order valence-electron chi connectivity index (χ0n) is 11.6. The summed E-state index contributed by atoms with van der Waals surface area (Å²) in [6.45, 7) is 6.29. The second-order valence-electron chi connectivity index (χ2n) is 4.00. The van der Waals surface area contributed by atoms with E-state index in [4.69, 9.17) is 15.2 Å². The normalized spacial score (nSPS) is 10.2. The smallest absolute Gasteiger partial charge is 0.338 e. The molecule has 0 bridgehead atoms. The molecule has 0 fully saturated rings. The number of nitrogen functional groups attached to an aromatic ring is 1. The van der Waals surface area contributed by atoms with Crippen LogP contribution >= 0.6 is 0 Å². The Morgan fingerprint density at radius 2 is 2.11 bits per heavy atom. The van der Waals surface area contributed by atoms with Gasteiger partial charge in [0.2, 0.25) is 0 Å². The third kappa shape index (κ3) is 5.18. The second-order valence-corrected chi connectivity index (χ2v) is 4.00. The van der Waals surface area contributed by atoms with E-state index < -0.39 is 0 Å². The van der Waals surface area contributed by atoms with Gasteiger partial charge in [0.05, 0.1) is 23.5 Å². The van der Waals surface area contributed by atoms with Crippen LogP contribution in [0.5, 0.6) is 0 Å². The van der Waals surface area contributed by atoms with Crippen LogP contribution in [0.2, 0.25) is 0 Å². The van der Waals surface area contributed by atoms with Gasteiger partial charge in [0.25, 0.3) is 0 Å². The summed E-state index contributed by atoms with van der Waals surface area (Å²) in [7, 11) is 0. The van der Waals surface area contributed by atoms with Crippen molar-refractivity contribution in [2.75, 3.05) is 37.4 Å². The summed E-state index contributed by atoms with van der Waals surface area (Å²) in [6.07, 6.45) is 0.886. The van der Waals surface area contributed by atoms with E-state index >= 15 is 0 Å². The number of hydrogen-bond donors (Lipinski definition) is 2. The lowest BCUT2D eigenvalue weighted by atomic mass is 10.1. The van der Waals surface area contributed by atoms with E-state index in [2.05, 4.69) is 5.32 Å². The lowest BCUT2D eigenvalue weighted by Gasteiger charge is -2.11. The van der Waals surface area contributed by atoms with Crippen molar-refractivity contribution in [1.29, 1.82) is 0 Å². The van der Waals surface area contributed by atoms with Gasteiger partial charge in [-0.25, -0.2) is 4.79 Å². The highest BCUT2D eigenvalue weighted by molar-refractivity contribution is 5.92. The Morgan fingerprint density at radius 3 is 2.79 bits per heavy atom. The van der Waals surface area contributed by atoms with Gasteiger partial charge in [-0.3, -0.25) is 0 Å². The Morgan fingerprint density at radius 1 is 1.32 bits per heavy atom. The molecule has 0 unspecified atom stereocenters. The molecule has 0 heterocycles. The molecule has 1 aromatic carbocycles. The first-order chi connectivity index (χ1) is 9.19. The number of benzene rings is 1. The van der Waals surface area contributed by atoms with Crippen molar-refractivity contribution in [2.24, 2.45) is 0 Å². The van der Waals surface area contributed by atoms with E-state index in [1.807, 2.05) is 6.92 Å². The maximum Gasteiger partial charge on any atom is 0.338 e. The average molecular weight is 266 g/mol. The van der Waals surface area contributed by atoms with Crippen molar-refractivity contribution in [3.63, 3.8) is 0 Å². The van der Waals surface area contributed by atoms with Crippen LogP contribution in [0.3, 0.4) is 0 Å². The van der Waals surface area contributed by atoms with Gasteiger partial charge in [0.15, 0.2) is 0 Å². The third-order valence-corrected chi connectivity index (χ3v) is 2.55. The van der Waals surface area contributed by atoms with Crippen LogP contribution in [0, 0.1) is 0 Å². The minimum absolute atomic E-state index is 0.333. The van der Waals surface area contributed by atoms with Crippen molar-refractivity contribution in [3.8, 4) is 0 Å². The highest BCUT2D eigenvalue weighted by atomic mass is 16.5. The van der Waals surface area contributed by atoms with Crippen LogP contribution in [-0.4, -0.2) is 32.3 Å². The summed E-state index contributed by atoms with van der Waals surface area (Å²) in [6, 6.07) is 5.09. The molecule has 0 saturated heterocycles. The van der Waals surface area contributed by atoms with Gasteiger partial charge in [0.1, 0.15) is 0 Å². The fourth-order valence-corrected chi connectivity index (χ4v) is 1.59. The largest absolute Gasteiger partial charge is 0.462 e. The van der Waals surface area contributed by atoms with E-state index in [0.29, 0.717) is 24.5 Å². The molecule has 1 aromatic rings. The van der Waals surface area contributed by atoms with Crippen molar-refractivity contribution >= 4 is 17.3 Å². The summed E-state index contributed by atoms with van der Waals surface area (Å²) >= 11 is 0. The molecule has 0 atom stereocenters. The zero-order chi connectivity index (χ0) is 14.1. The molecular weight excluding hydrogens is 244 g/mol. The number of ether oxygens (including phenoxy) is 2. The van der Waals surface area contributed by atoms with E-state index in [1.165, 1.54) is 0 Å². The molecule has 19 heavy (non-hydrogen) atoms. The van der Waals surface area contributed by atoms with E-state index in [1.54, 1.807) is 25.1 Å². The predicted molar refractivity (Wildman–Crippen MR) is 76.4 cm³/mol. The minimum atomic E-state index is -0.333. The van der Waals surface area contributed by atoms with E-state index in [0.717, 1.165) is 25.3 Å². The Hall–Kier alpha value is -1.75. The Kier molecular flexibility index (Phi) is 6.74. The standard InChI is InChI=1S/C14H22N2O3/c1-3-18-9-5-8-16-13-10-11(6-7-12(13)15)14(17)19-4-2/h6-7,10,16H,3-5,8-9,15H2,1-2H3. The van der Waals surface area contributed by atoms with Gasteiger partial charge >= 0.3 is 5.97 Å². The van der Waals surface area contributed by atoms with Crippen LogP contribution < -0.4 is 11.1 Å². The van der Waals surface area contributed by atoms with Crippen LogP contribution in [0.4, 0.5) is 11.4 Å². The number of esters is 1. The molecular formula is C14H22N2O3. The number of nitrogens with one attached hydrogen (secondary N) is 1. The Balaban J connectivity index is 2.56. The molecule has 0 aliphatic heterocycles. The molecule has 5 nitrogen and oxygen atoms in total. The van der Waals surface area contributed by atoms with Crippen molar-refractivity contribution < 1.29 is 14.3 Å². The molecule has 0 radical (unpaired) electrons. The quantitative estimate of drug-likeness (QED) is 0.429. The molecule has 0 spiro atoms. The number of carbonyl (C=O) groups is 1. The predicted octanol–water partition coefficient (Wildman–Crippen LogP) is 2.28. The van der Waals surface area contributed by atoms with Crippen molar-refractivity contribution in [2.45, 2.75) is 20.3 Å². The first-order valence-corrected chi connectivity index (χ1v) is 6.57.